The number of carbonyl (C=O) groups is 1. The van der Waals surface area contributed by atoms with Gasteiger partial charge in [0.25, 0.3) is 0 Å². The van der Waals surface area contributed by atoms with Gasteiger partial charge in [0, 0.05) is 12.6 Å². The van der Waals surface area contributed by atoms with E-state index in [1.165, 1.54) is 0 Å². The molecule has 0 atom stereocenters. The van der Waals surface area contributed by atoms with Crippen molar-refractivity contribution in [2.75, 3.05) is 6.61 Å². The Balaban J connectivity index is 1.81. The van der Waals surface area contributed by atoms with Gasteiger partial charge in [-0.15, -0.1) is 0 Å². The van der Waals surface area contributed by atoms with E-state index in [9.17, 15) is 9.90 Å². The predicted octanol–water partition coefficient (Wildman–Crippen LogP) is 4.44. The highest BCUT2D eigenvalue weighted by Gasteiger charge is 2.11. The maximum atomic E-state index is 11.3. The zero-order chi connectivity index (χ0) is 17.6. The summed E-state index contributed by atoms with van der Waals surface area (Å²) in [5, 5.41) is 9.25. The van der Waals surface area contributed by atoms with Crippen LogP contribution in [0, 0.1) is 0 Å². The second-order valence-corrected chi connectivity index (χ2v) is 5.64. The third-order valence-corrected chi connectivity index (χ3v) is 3.92. The van der Waals surface area contributed by atoms with E-state index in [-0.39, 0.29) is 5.56 Å². The average Bonchev–Trinajstić information content (AvgIpc) is 2.63. The van der Waals surface area contributed by atoms with Crippen molar-refractivity contribution in [2.24, 2.45) is 0 Å². The highest BCUT2D eigenvalue weighted by molar-refractivity contribution is 5.88. The van der Waals surface area contributed by atoms with Crippen molar-refractivity contribution in [1.82, 2.24) is 4.98 Å². The molecule has 0 aliphatic heterocycles. The van der Waals surface area contributed by atoms with E-state index in [4.69, 9.17) is 4.74 Å². The largest absolute Gasteiger partial charge is 0.494 e. The first-order valence-corrected chi connectivity index (χ1v) is 8.16. The van der Waals surface area contributed by atoms with Crippen molar-refractivity contribution < 1.29 is 14.6 Å². The van der Waals surface area contributed by atoms with Crippen LogP contribution in [-0.4, -0.2) is 22.7 Å². The van der Waals surface area contributed by atoms with Crippen LogP contribution < -0.4 is 4.74 Å². The molecule has 0 saturated carbocycles. The maximum absolute atomic E-state index is 11.3. The third-order valence-electron chi connectivity index (χ3n) is 3.92. The lowest BCUT2D eigenvalue weighted by Crippen LogP contribution is -2.05. The van der Waals surface area contributed by atoms with Gasteiger partial charge in [0.2, 0.25) is 0 Å². The van der Waals surface area contributed by atoms with Crippen LogP contribution in [0.5, 0.6) is 5.75 Å². The molecule has 0 fully saturated rings. The van der Waals surface area contributed by atoms with Crippen molar-refractivity contribution in [3.05, 3.63) is 83.7 Å². The van der Waals surface area contributed by atoms with Crippen LogP contribution in [0.15, 0.2) is 66.9 Å². The summed E-state index contributed by atoms with van der Waals surface area (Å²) in [6, 6.07) is 19.3. The number of nitrogens with zero attached hydrogens (tertiary/aromatic N) is 1. The number of aromatic carboxylic acids is 1. The van der Waals surface area contributed by atoms with Gasteiger partial charge in [-0.2, -0.15) is 0 Å². The molecule has 0 amide bonds. The topological polar surface area (TPSA) is 59.4 Å². The summed E-state index contributed by atoms with van der Waals surface area (Å²) in [5.41, 5.74) is 4.01. The first-order valence-electron chi connectivity index (χ1n) is 8.16. The molecule has 0 radical (unpaired) electrons. The quantitative estimate of drug-likeness (QED) is 0.724. The van der Waals surface area contributed by atoms with Crippen LogP contribution in [0.25, 0.3) is 11.1 Å². The van der Waals surface area contributed by atoms with Gasteiger partial charge < -0.3 is 9.84 Å². The monoisotopic (exact) mass is 333 g/mol. The SMILES string of the molecule is CCOc1cccc(-c2ccc(Cc3ncccc3C(=O)O)cc2)c1. The highest BCUT2D eigenvalue weighted by Crippen LogP contribution is 2.25. The number of carboxylic acids is 1. The van der Waals surface area contributed by atoms with Crippen LogP contribution >= 0.6 is 0 Å². The number of hydrogen-bond acceptors (Lipinski definition) is 3. The Morgan fingerprint density at radius 3 is 2.56 bits per heavy atom. The molecule has 4 nitrogen and oxygen atoms in total. The van der Waals surface area contributed by atoms with Crippen LogP contribution in [0.3, 0.4) is 0 Å². The summed E-state index contributed by atoms with van der Waals surface area (Å²) in [4.78, 5) is 15.5. The molecule has 3 aromatic rings. The molecule has 3 rings (SSSR count). The van der Waals surface area contributed by atoms with E-state index in [1.54, 1.807) is 18.3 Å². The number of aromatic nitrogens is 1. The van der Waals surface area contributed by atoms with Gasteiger partial charge >= 0.3 is 5.97 Å². The molecule has 0 saturated heterocycles. The van der Waals surface area contributed by atoms with E-state index < -0.39 is 5.97 Å². The summed E-state index contributed by atoms with van der Waals surface area (Å²) in [6.45, 7) is 2.60. The molecule has 0 aliphatic rings. The summed E-state index contributed by atoms with van der Waals surface area (Å²) < 4.78 is 5.54. The molecular formula is C21H19NO3. The zero-order valence-corrected chi connectivity index (χ0v) is 14.0. The molecule has 0 aliphatic carbocycles. The Morgan fingerprint density at radius 2 is 1.84 bits per heavy atom. The van der Waals surface area contributed by atoms with E-state index in [0.717, 1.165) is 22.4 Å². The molecule has 1 N–H and O–H groups in total. The molecular weight excluding hydrogens is 314 g/mol. The summed E-state index contributed by atoms with van der Waals surface area (Å²) >= 11 is 0. The van der Waals surface area contributed by atoms with Gasteiger partial charge in [-0.1, -0.05) is 36.4 Å². The van der Waals surface area contributed by atoms with Crippen molar-refractivity contribution >= 4 is 5.97 Å². The first kappa shape index (κ1) is 16.7. The van der Waals surface area contributed by atoms with E-state index in [2.05, 4.69) is 4.98 Å². The average molecular weight is 333 g/mol. The van der Waals surface area contributed by atoms with Crippen molar-refractivity contribution in [3.8, 4) is 16.9 Å². The van der Waals surface area contributed by atoms with Crippen LogP contribution in [0.1, 0.15) is 28.5 Å². The number of rotatable bonds is 6. The second-order valence-electron chi connectivity index (χ2n) is 5.64. The van der Waals surface area contributed by atoms with Crippen LogP contribution in [-0.2, 0) is 6.42 Å². The number of pyridine rings is 1. The van der Waals surface area contributed by atoms with Gasteiger partial charge in [-0.25, -0.2) is 4.79 Å². The molecule has 0 unspecified atom stereocenters. The number of ether oxygens (including phenoxy) is 1. The second kappa shape index (κ2) is 7.62. The van der Waals surface area contributed by atoms with Gasteiger partial charge in [0.05, 0.1) is 17.9 Å². The smallest absolute Gasteiger partial charge is 0.337 e. The van der Waals surface area contributed by atoms with Crippen molar-refractivity contribution in [1.29, 1.82) is 0 Å². The normalized spacial score (nSPS) is 10.4. The minimum Gasteiger partial charge on any atom is -0.494 e. The number of hydrogen-bond donors (Lipinski definition) is 1. The molecule has 2 aromatic carbocycles. The predicted molar refractivity (Wildman–Crippen MR) is 97.0 cm³/mol. The zero-order valence-electron chi connectivity index (χ0n) is 14.0. The van der Waals surface area contributed by atoms with Gasteiger partial charge in [0.15, 0.2) is 0 Å². The minimum absolute atomic E-state index is 0.246. The number of carboxylic acid groups (broad SMARTS) is 1. The van der Waals surface area contributed by atoms with Crippen LogP contribution in [0.4, 0.5) is 0 Å². The standard InChI is InChI=1S/C21H19NO3/c1-2-25-18-6-3-5-17(14-18)16-10-8-15(9-11-16)13-20-19(21(23)24)7-4-12-22-20/h3-12,14H,2,13H2,1H3,(H,23,24). The minimum atomic E-state index is -0.951. The fraction of sp³-hybridized carbons (Fsp3) is 0.143. The Kier molecular flexibility index (Phi) is 5.09. The molecule has 126 valence electrons. The highest BCUT2D eigenvalue weighted by atomic mass is 16.5. The molecule has 25 heavy (non-hydrogen) atoms. The Bertz CT molecular complexity index is 872. The summed E-state index contributed by atoms with van der Waals surface area (Å²) in [6.07, 6.45) is 2.11. The van der Waals surface area contributed by atoms with E-state index in [0.29, 0.717) is 18.7 Å². The molecule has 1 aromatic heterocycles. The van der Waals surface area contributed by atoms with E-state index in [1.807, 2.05) is 55.5 Å². The van der Waals surface area contributed by atoms with E-state index >= 15 is 0 Å². The summed E-state index contributed by atoms with van der Waals surface area (Å²) in [5.74, 6) is -0.101. The summed E-state index contributed by atoms with van der Waals surface area (Å²) in [7, 11) is 0. The lowest BCUT2D eigenvalue weighted by molar-refractivity contribution is 0.0695. The Morgan fingerprint density at radius 1 is 1.04 bits per heavy atom. The maximum Gasteiger partial charge on any atom is 0.337 e. The lowest BCUT2D eigenvalue weighted by atomic mass is 10.0. The fourth-order valence-corrected chi connectivity index (χ4v) is 2.71. The fourth-order valence-electron chi connectivity index (χ4n) is 2.71. The first-order chi connectivity index (χ1) is 12.2. The Hall–Kier alpha value is -3.14. The molecule has 1 heterocycles. The van der Waals surface area contributed by atoms with Gasteiger partial charge in [0.1, 0.15) is 5.75 Å². The van der Waals surface area contributed by atoms with Crippen molar-refractivity contribution in [2.45, 2.75) is 13.3 Å². The van der Waals surface area contributed by atoms with Crippen LogP contribution in [0.2, 0.25) is 0 Å². The Labute approximate surface area is 146 Å². The molecule has 0 bridgehead atoms. The van der Waals surface area contributed by atoms with Crippen molar-refractivity contribution in [3.63, 3.8) is 0 Å². The molecule has 0 spiro atoms. The molecule has 4 heteroatoms. The third kappa shape index (κ3) is 4.04. The lowest BCUT2D eigenvalue weighted by Gasteiger charge is -2.08. The van der Waals surface area contributed by atoms with Gasteiger partial charge in [-0.05, 0) is 47.9 Å². The number of benzene rings is 2. The van der Waals surface area contributed by atoms with Gasteiger partial charge in [-0.3, -0.25) is 4.98 Å².